The van der Waals surface area contributed by atoms with Crippen molar-refractivity contribution in [1.82, 2.24) is 15.5 Å². The van der Waals surface area contributed by atoms with Gasteiger partial charge in [0.1, 0.15) is 0 Å². The maximum atomic E-state index is 8.07. The molecule has 1 aromatic rings. The Morgan fingerprint density at radius 2 is 2.70 bits per heavy atom. The van der Waals surface area contributed by atoms with Gasteiger partial charge in [0.15, 0.2) is 12.5 Å². The lowest BCUT2D eigenvalue weighted by Crippen LogP contribution is -2.09. The summed E-state index contributed by atoms with van der Waals surface area (Å²) < 4.78 is 4.67. The molecule has 0 aromatic carbocycles. The molecule has 1 aromatic heterocycles. The van der Waals surface area contributed by atoms with Crippen molar-refractivity contribution in [3.63, 3.8) is 0 Å². The molecule has 0 fully saturated rings. The summed E-state index contributed by atoms with van der Waals surface area (Å²) >= 11 is 0. The second kappa shape index (κ2) is 3.45. The number of nitrogens with one attached hydrogen (secondary N) is 1. The summed E-state index contributed by atoms with van der Waals surface area (Å²) in [5.74, 6) is 0.544. The molecule has 0 aliphatic heterocycles. The van der Waals surface area contributed by atoms with E-state index in [0.717, 1.165) is 0 Å². The molecule has 1 heterocycles. The minimum Gasteiger partial charge on any atom is -0.340 e. The lowest BCUT2D eigenvalue weighted by molar-refractivity contribution is 0.377. The molecule has 0 aliphatic carbocycles. The predicted molar refractivity (Wildman–Crippen MR) is 31.6 cm³/mol. The molecule has 0 aliphatic rings. The molecule has 0 saturated heterocycles. The number of nitriles is 1. The van der Waals surface area contributed by atoms with Crippen LogP contribution in [-0.2, 0) is 6.42 Å². The fourth-order valence-electron chi connectivity index (χ4n) is 0.531. The lowest BCUT2D eigenvalue weighted by atomic mass is 10.4. The van der Waals surface area contributed by atoms with E-state index in [1.807, 2.05) is 0 Å². The second-order valence-corrected chi connectivity index (χ2v) is 1.62. The number of aromatic nitrogens is 2. The van der Waals surface area contributed by atoms with Gasteiger partial charge in [-0.25, -0.2) is 0 Å². The second-order valence-electron chi connectivity index (χ2n) is 1.62. The van der Waals surface area contributed by atoms with E-state index in [-0.39, 0.29) is 0 Å². The molecule has 0 amide bonds. The smallest absolute Gasteiger partial charge is 0.228 e. The van der Waals surface area contributed by atoms with Gasteiger partial charge < -0.3 is 9.84 Å². The summed E-state index contributed by atoms with van der Waals surface area (Å²) in [5.41, 5.74) is 0. The van der Waals surface area contributed by atoms with Gasteiger partial charge in [-0.15, -0.1) is 0 Å². The molecular formula is C5H6N4O. The monoisotopic (exact) mass is 138 g/mol. The third-order valence-electron chi connectivity index (χ3n) is 0.950. The SMILES string of the molecule is N#CNCCc1ncno1. The highest BCUT2D eigenvalue weighted by atomic mass is 16.5. The molecular weight excluding hydrogens is 132 g/mol. The van der Waals surface area contributed by atoms with Crippen LogP contribution in [0.4, 0.5) is 0 Å². The molecule has 0 atom stereocenters. The molecule has 5 heteroatoms. The molecule has 1 N–H and O–H groups in total. The van der Waals surface area contributed by atoms with Gasteiger partial charge in [0, 0.05) is 13.0 Å². The van der Waals surface area contributed by atoms with Gasteiger partial charge in [0.25, 0.3) is 0 Å². The zero-order valence-corrected chi connectivity index (χ0v) is 5.24. The highest BCUT2D eigenvalue weighted by Gasteiger charge is 1.95. The van der Waals surface area contributed by atoms with E-state index in [0.29, 0.717) is 18.9 Å². The summed E-state index contributed by atoms with van der Waals surface area (Å²) in [4.78, 5) is 3.76. The molecule has 0 saturated carbocycles. The summed E-state index contributed by atoms with van der Waals surface area (Å²) in [7, 11) is 0. The van der Waals surface area contributed by atoms with Crippen molar-refractivity contribution in [3.8, 4) is 6.19 Å². The van der Waals surface area contributed by atoms with Crippen LogP contribution in [0.1, 0.15) is 5.89 Å². The van der Waals surface area contributed by atoms with Gasteiger partial charge in [-0.1, -0.05) is 5.16 Å². The average Bonchev–Trinajstić information content (AvgIpc) is 2.41. The van der Waals surface area contributed by atoms with Crippen molar-refractivity contribution in [2.24, 2.45) is 0 Å². The van der Waals surface area contributed by atoms with Crippen LogP contribution in [-0.4, -0.2) is 16.7 Å². The van der Waals surface area contributed by atoms with E-state index < -0.39 is 0 Å². The Morgan fingerprint density at radius 1 is 1.80 bits per heavy atom. The first-order valence-corrected chi connectivity index (χ1v) is 2.81. The van der Waals surface area contributed by atoms with Gasteiger partial charge in [-0.2, -0.15) is 10.2 Å². The molecule has 0 bridgehead atoms. The molecule has 0 radical (unpaired) electrons. The fraction of sp³-hybridized carbons (Fsp3) is 0.400. The van der Waals surface area contributed by atoms with E-state index in [1.54, 1.807) is 6.19 Å². The predicted octanol–water partition coefficient (Wildman–Crippen LogP) is -0.317. The first kappa shape index (κ1) is 6.55. The summed E-state index contributed by atoms with van der Waals surface area (Å²) in [6.07, 6.45) is 3.72. The van der Waals surface area contributed by atoms with Crippen LogP contribution in [0, 0.1) is 11.5 Å². The molecule has 5 nitrogen and oxygen atoms in total. The van der Waals surface area contributed by atoms with Crippen LogP contribution in [0.2, 0.25) is 0 Å². The Hall–Kier alpha value is -1.57. The van der Waals surface area contributed by atoms with E-state index in [9.17, 15) is 0 Å². The maximum Gasteiger partial charge on any atom is 0.228 e. The van der Waals surface area contributed by atoms with Crippen molar-refractivity contribution < 1.29 is 4.52 Å². The maximum absolute atomic E-state index is 8.07. The third kappa shape index (κ3) is 1.74. The van der Waals surface area contributed by atoms with Gasteiger partial charge in [-0.3, -0.25) is 0 Å². The quantitative estimate of drug-likeness (QED) is 0.352. The van der Waals surface area contributed by atoms with Crippen LogP contribution in [0.5, 0.6) is 0 Å². The number of hydrogen-bond acceptors (Lipinski definition) is 5. The van der Waals surface area contributed by atoms with E-state index in [1.165, 1.54) is 6.33 Å². The zero-order valence-electron chi connectivity index (χ0n) is 5.24. The van der Waals surface area contributed by atoms with Crippen LogP contribution in [0.15, 0.2) is 10.9 Å². The van der Waals surface area contributed by atoms with Crippen molar-refractivity contribution in [3.05, 3.63) is 12.2 Å². The average molecular weight is 138 g/mol. The Kier molecular flexibility index (Phi) is 2.26. The highest BCUT2D eigenvalue weighted by Crippen LogP contribution is 1.89. The lowest BCUT2D eigenvalue weighted by Gasteiger charge is -1.89. The zero-order chi connectivity index (χ0) is 7.23. The van der Waals surface area contributed by atoms with E-state index in [2.05, 4.69) is 20.0 Å². The van der Waals surface area contributed by atoms with E-state index in [4.69, 9.17) is 5.26 Å². The molecule has 1 rings (SSSR count). The Labute approximate surface area is 57.7 Å². The number of rotatable bonds is 3. The standard InChI is InChI=1S/C5H6N4O/c6-3-7-2-1-5-8-4-9-10-5/h4,7H,1-2H2. The van der Waals surface area contributed by atoms with Crippen molar-refractivity contribution in [2.45, 2.75) is 6.42 Å². The van der Waals surface area contributed by atoms with Gasteiger partial charge in [0.2, 0.25) is 5.89 Å². The largest absolute Gasteiger partial charge is 0.340 e. The number of nitrogens with zero attached hydrogens (tertiary/aromatic N) is 3. The Morgan fingerprint density at radius 3 is 3.30 bits per heavy atom. The Balaban J connectivity index is 2.23. The van der Waals surface area contributed by atoms with Crippen molar-refractivity contribution in [1.29, 1.82) is 5.26 Å². The summed E-state index contributed by atoms with van der Waals surface area (Å²) in [6.45, 7) is 0.540. The summed E-state index contributed by atoms with van der Waals surface area (Å²) in [6, 6.07) is 0. The topological polar surface area (TPSA) is 74.7 Å². The molecule has 0 unspecified atom stereocenters. The van der Waals surface area contributed by atoms with Crippen LogP contribution >= 0.6 is 0 Å². The van der Waals surface area contributed by atoms with Crippen molar-refractivity contribution in [2.75, 3.05) is 6.54 Å². The molecule has 10 heavy (non-hydrogen) atoms. The van der Waals surface area contributed by atoms with Crippen LogP contribution < -0.4 is 5.32 Å². The van der Waals surface area contributed by atoms with E-state index >= 15 is 0 Å². The van der Waals surface area contributed by atoms with Crippen molar-refractivity contribution >= 4 is 0 Å². The molecule has 0 spiro atoms. The fourth-order valence-corrected chi connectivity index (χ4v) is 0.531. The molecule has 52 valence electrons. The normalized spacial score (nSPS) is 8.70. The minimum atomic E-state index is 0.540. The summed E-state index contributed by atoms with van der Waals surface area (Å²) in [5, 5.41) is 13.9. The Bertz CT molecular complexity index is 212. The highest BCUT2D eigenvalue weighted by molar-refractivity contribution is 4.77. The van der Waals surface area contributed by atoms with Gasteiger partial charge in [0.05, 0.1) is 0 Å². The first-order chi connectivity index (χ1) is 4.93. The third-order valence-corrected chi connectivity index (χ3v) is 0.950. The minimum absolute atomic E-state index is 0.540. The number of hydrogen-bond donors (Lipinski definition) is 1. The van der Waals surface area contributed by atoms with Gasteiger partial charge >= 0.3 is 0 Å². The van der Waals surface area contributed by atoms with Gasteiger partial charge in [-0.05, 0) is 0 Å². The van der Waals surface area contributed by atoms with Crippen LogP contribution in [0.25, 0.3) is 0 Å². The first-order valence-electron chi connectivity index (χ1n) is 2.81. The van der Waals surface area contributed by atoms with Crippen LogP contribution in [0.3, 0.4) is 0 Å².